The predicted molar refractivity (Wildman–Crippen MR) is 79.7 cm³/mol. The summed E-state index contributed by atoms with van der Waals surface area (Å²) in [7, 11) is 0. The van der Waals surface area contributed by atoms with Crippen LogP contribution in [0, 0.1) is 5.92 Å². The summed E-state index contributed by atoms with van der Waals surface area (Å²) in [6, 6.07) is 4.92. The molecule has 0 aliphatic rings. The van der Waals surface area contributed by atoms with E-state index in [1.54, 1.807) is 11.4 Å². The van der Waals surface area contributed by atoms with Crippen LogP contribution in [0.5, 0.6) is 0 Å². The van der Waals surface area contributed by atoms with Gasteiger partial charge in [0.2, 0.25) is 0 Å². The van der Waals surface area contributed by atoms with Gasteiger partial charge in [0.1, 0.15) is 10.7 Å². The summed E-state index contributed by atoms with van der Waals surface area (Å²) >= 11 is 1.15. The molecule has 7 heteroatoms. The van der Waals surface area contributed by atoms with Gasteiger partial charge < -0.3 is 5.32 Å². The van der Waals surface area contributed by atoms with E-state index in [4.69, 9.17) is 0 Å². The molecule has 1 heterocycles. The van der Waals surface area contributed by atoms with Gasteiger partial charge in [-0.3, -0.25) is 4.79 Å². The highest BCUT2D eigenvalue weighted by molar-refractivity contribution is 7.13. The van der Waals surface area contributed by atoms with Gasteiger partial charge in [-0.2, -0.15) is 13.2 Å². The summed E-state index contributed by atoms with van der Waals surface area (Å²) in [5, 5.41) is 4.66. The third-order valence-electron chi connectivity index (χ3n) is 2.84. The van der Waals surface area contributed by atoms with E-state index >= 15 is 0 Å². The first kappa shape index (κ1) is 16.5. The summed E-state index contributed by atoms with van der Waals surface area (Å²) in [5.41, 5.74) is -0.160. The van der Waals surface area contributed by atoms with Gasteiger partial charge in [-0.05, 0) is 18.1 Å². The molecule has 118 valence electrons. The number of amides is 1. The van der Waals surface area contributed by atoms with Crippen molar-refractivity contribution in [3.05, 3.63) is 40.9 Å². The van der Waals surface area contributed by atoms with Crippen molar-refractivity contribution in [3.63, 3.8) is 0 Å². The lowest BCUT2D eigenvalue weighted by Gasteiger charge is -2.07. The molecule has 0 atom stereocenters. The molecule has 22 heavy (non-hydrogen) atoms. The van der Waals surface area contributed by atoms with E-state index < -0.39 is 11.7 Å². The third kappa shape index (κ3) is 4.07. The molecule has 0 bridgehead atoms. The Balaban J connectivity index is 2.20. The van der Waals surface area contributed by atoms with Gasteiger partial charge >= 0.3 is 6.18 Å². The molecule has 0 unspecified atom stereocenters. The molecule has 0 fully saturated rings. The van der Waals surface area contributed by atoms with Gasteiger partial charge in [0.15, 0.2) is 0 Å². The predicted octanol–water partition coefficient (Wildman–Crippen LogP) is 4.21. The fourth-order valence-electron chi connectivity index (χ4n) is 1.73. The van der Waals surface area contributed by atoms with E-state index in [2.05, 4.69) is 10.3 Å². The van der Waals surface area contributed by atoms with Gasteiger partial charge in [0.05, 0.1) is 5.56 Å². The van der Waals surface area contributed by atoms with E-state index in [0.29, 0.717) is 23.0 Å². The van der Waals surface area contributed by atoms with E-state index in [0.717, 1.165) is 23.5 Å². The molecule has 0 aliphatic heterocycles. The summed E-state index contributed by atoms with van der Waals surface area (Å²) in [6.07, 6.45) is -4.40. The van der Waals surface area contributed by atoms with Crippen LogP contribution >= 0.6 is 11.3 Å². The lowest BCUT2D eigenvalue weighted by molar-refractivity contribution is -0.137. The minimum absolute atomic E-state index is 0.220. The Bertz CT molecular complexity index is 665. The molecule has 2 aromatic rings. The quantitative estimate of drug-likeness (QED) is 0.913. The van der Waals surface area contributed by atoms with Crippen LogP contribution in [-0.2, 0) is 6.18 Å². The molecule has 1 N–H and O–H groups in total. The number of carbonyl (C=O) groups excluding carboxylic acids is 1. The molecule has 3 nitrogen and oxygen atoms in total. The molecule has 0 saturated carbocycles. The number of benzene rings is 1. The lowest BCUT2D eigenvalue weighted by Crippen LogP contribution is -2.27. The van der Waals surface area contributed by atoms with Gasteiger partial charge in [-0.25, -0.2) is 4.98 Å². The maximum atomic E-state index is 12.7. The Hall–Kier alpha value is -1.89. The molecule has 1 amide bonds. The van der Waals surface area contributed by atoms with E-state index in [1.807, 2.05) is 13.8 Å². The minimum atomic E-state index is -4.40. The minimum Gasteiger partial charge on any atom is -0.350 e. The van der Waals surface area contributed by atoms with Crippen molar-refractivity contribution in [1.29, 1.82) is 0 Å². The van der Waals surface area contributed by atoms with Crippen LogP contribution in [0.15, 0.2) is 29.6 Å². The Morgan fingerprint density at radius 2 is 2.09 bits per heavy atom. The van der Waals surface area contributed by atoms with Crippen molar-refractivity contribution < 1.29 is 18.0 Å². The summed E-state index contributed by atoms with van der Waals surface area (Å²) in [5.74, 6) is -0.00583. The van der Waals surface area contributed by atoms with Crippen LogP contribution < -0.4 is 5.32 Å². The number of thiazole rings is 1. The molecule has 0 spiro atoms. The largest absolute Gasteiger partial charge is 0.416 e. The summed E-state index contributed by atoms with van der Waals surface area (Å²) < 4.78 is 38.1. The Labute approximate surface area is 130 Å². The molecule has 0 saturated heterocycles. The van der Waals surface area contributed by atoms with E-state index in [1.165, 1.54) is 6.07 Å². The summed E-state index contributed by atoms with van der Waals surface area (Å²) in [6.45, 7) is 4.46. The van der Waals surface area contributed by atoms with Gasteiger partial charge in [-0.15, -0.1) is 11.3 Å². The monoisotopic (exact) mass is 328 g/mol. The lowest BCUT2D eigenvalue weighted by atomic mass is 10.1. The zero-order valence-electron chi connectivity index (χ0n) is 12.1. The molecule has 1 aromatic carbocycles. The number of halogens is 3. The highest BCUT2D eigenvalue weighted by Crippen LogP contribution is 2.33. The van der Waals surface area contributed by atoms with Crippen LogP contribution in [0.1, 0.15) is 29.9 Å². The standard InChI is InChI=1S/C15H15F3N2OS/c1-9(2)7-19-13(21)12-8-22-14(20-12)10-4-3-5-11(6-10)15(16,17)18/h3-6,8-9H,7H2,1-2H3,(H,19,21). The fraction of sp³-hybridized carbons (Fsp3) is 0.333. The number of rotatable bonds is 4. The van der Waals surface area contributed by atoms with Gasteiger partial charge in [0, 0.05) is 17.5 Å². The van der Waals surface area contributed by atoms with Crippen LogP contribution in [0.3, 0.4) is 0 Å². The van der Waals surface area contributed by atoms with Crippen molar-refractivity contribution in [3.8, 4) is 10.6 Å². The zero-order valence-corrected chi connectivity index (χ0v) is 12.9. The number of hydrogen-bond acceptors (Lipinski definition) is 3. The zero-order chi connectivity index (χ0) is 16.3. The van der Waals surface area contributed by atoms with Crippen molar-refractivity contribution in [2.75, 3.05) is 6.54 Å². The first-order valence-electron chi connectivity index (χ1n) is 6.68. The molecule has 0 aliphatic carbocycles. The first-order valence-corrected chi connectivity index (χ1v) is 7.56. The van der Waals surface area contributed by atoms with E-state index in [-0.39, 0.29) is 11.6 Å². The number of hydrogen-bond donors (Lipinski definition) is 1. The van der Waals surface area contributed by atoms with Crippen molar-refractivity contribution in [2.24, 2.45) is 5.92 Å². The second kappa shape index (κ2) is 6.48. The number of nitrogens with one attached hydrogen (secondary N) is 1. The highest BCUT2D eigenvalue weighted by Gasteiger charge is 2.30. The topological polar surface area (TPSA) is 42.0 Å². The normalized spacial score (nSPS) is 11.7. The van der Waals surface area contributed by atoms with Gasteiger partial charge in [-0.1, -0.05) is 26.0 Å². The van der Waals surface area contributed by atoms with Crippen LogP contribution in [0.4, 0.5) is 13.2 Å². The number of nitrogens with zero attached hydrogens (tertiary/aromatic N) is 1. The first-order chi connectivity index (χ1) is 10.3. The third-order valence-corrected chi connectivity index (χ3v) is 3.74. The molecule has 1 aromatic heterocycles. The molecule has 2 rings (SSSR count). The average molecular weight is 328 g/mol. The van der Waals surface area contributed by atoms with Crippen LogP contribution in [0.25, 0.3) is 10.6 Å². The molecular formula is C15H15F3N2OS. The van der Waals surface area contributed by atoms with Crippen LogP contribution in [0.2, 0.25) is 0 Å². The Morgan fingerprint density at radius 1 is 1.36 bits per heavy atom. The smallest absolute Gasteiger partial charge is 0.350 e. The van der Waals surface area contributed by atoms with Crippen molar-refractivity contribution in [2.45, 2.75) is 20.0 Å². The van der Waals surface area contributed by atoms with Crippen LogP contribution in [-0.4, -0.2) is 17.4 Å². The number of aromatic nitrogens is 1. The maximum Gasteiger partial charge on any atom is 0.416 e. The SMILES string of the molecule is CC(C)CNC(=O)c1csc(-c2cccc(C(F)(F)F)c2)n1. The van der Waals surface area contributed by atoms with Crippen molar-refractivity contribution in [1.82, 2.24) is 10.3 Å². The Morgan fingerprint density at radius 3 is 2.73 bits per heavy atom. The average Bonchev–Trinajstić information content (AvgIpc) is 2.94. The summed E-state index contributed by atoms with van der Waals surface area (Å²) in [4.78, 5) is 16.0. The molecule has 0 radical (unpaired) electrons. The van der Waals surface area contributed by atoms with E-state index in [9.17, 15) is 18.0 Å². The number of alkyl halides is 3. The maximum absolute atomic E-state index is 12.7. The molecular weight excluding hydrogens is 313 g/mol. The highest BCUT2D eigenvalue weighted by atomic mass is 32.1. The fourth-order valence-corrected chi connectivity index (χ4v) is 2.52. The van der Waals surface area contributed by atoms with Gasteiger partial charge in [0.25, 0.3) is 5.91 Å². The number of carbonyl (C=O) groups is 1. The second-order valence-corrected chi connectivity index (χ2v) is 6.08. The second-order valence-electron chi connectivity index (χ2n) is 5.22. The Kier molecular flexibility index (Phi) is 4.85. The van der Waals surface area contributed by atoms with Crippen molar-refractivity contribution >= 4 is 17.2 Å².